The van der Waals surface area contributed by atoms with Crippen LogP contribution in [0.25, 0.3) is 0 Å². The number of hydrogen-bond donors (Lipinski definition) is 1. The Labute approximate surface area is 120 Å². The lowest BCUT2D eigenvalue weighted by atomic mass is 10.2. The Kier molecular flexibility index (Phi) is 4.97. The van der Waals surface area contributed by atoms with Gasteiger partial charge in [0.15, 0.2) is 0 Å². The maximum atomic E-state index is 4.52. The number of nitrogens with zero attached hydrogens (tertiary/aromatic N) is 2. The summed E-state index contributed by atoms with van der Waals surface area (Å²) in [4.78, 5) is 5.82. The molecule has 18 heavy (non-hydrogen) atoms. The van der Waals surface area contributed by atoms with Crippen LogP contribution < -0.4 is 5.32 Å². The van der Waals surface area contributed by atoms with Crippen LogP contribution in [0.4, 0.5) is 0 Å². The van der Waals surface area contributed by atoms with E-state index >= 15 is 0 Å². The number of halogens is 1. The van der Waals surface area contributed by atoms with E-state index in [1.54, 1.807) is 11.3 Å². The topological polar surface area (TPSA) is 29.9 Å². The molecule has 1 atom stereocenters. The minimum atomic E-state index is 0.191. The summed E-state index contributed by atoms with van der Waals surface area (Å²) >= 11 is 5.30. The van der Waals surface area contributed by atoms with Gasteiger partial charge in [0.25, 0.3) is 0 Å². The van der Waals surface area contributed by atoms with Crippen molar-refractivity contribution in [3.8, 4) is 0 Å². The van der Waals surface area contributed by atoms with Gasteiger partial charge in [0.05, 0.1) is 3.79 Å². The molecule has 2 rings (SSSR count). The molecule has 98 valence electrons. The van der Waals surface area contributed by atoms with Crippen molar-refractivity contribution in [2.75, 3.05) is 6.54 Å². The summed E-state index contributed by atoms with van der Waals surface area (Å²) in [6.07, 6.45) is 5.04. The molecule has 0 saturated carbocycles. The smallest absolute Gasteiger partial charge is 0.131 e. The molecule has 2 heterocycles. The highest BCUT2D eigenvalue weighted by molar-refractivity contribution is 9.11. The number of hydrogen-bond acceptors (Lipinski definition) is 3. The van der Waals surface area contributed by atoms with E-state index in [0.29, 0.717) is 0 Å². The highest BCUT2D eigenvalue weighted by Gasteiger charge is 2.19. The van der Waals surface area contributed by atoms with Crippen LogP contribution in [0, 0.1) is 0 Å². The number of rotatable bonds is 6. The van der Waals surface area contributed by atoms with Crippen molar-refractivity contribution in [2.45, 2.75) is 32.9 Å². The van der Waals surface area contributed by atoms with Gasteiger partial charge < -0.3 is 9.88 Å². The first-order valence-electron chi connectivity index (χ1n) is 6.25. The standard InChI is InChI=1S/C13H18BrN3S/c1-3-7-15-12(10-5-6-11(14)18-10)13-16-8-9-17(13)4-2/h5-6,8-9,12,15H,3-4,7H2,1-2H3. The molecule has 0 bridgehead atoms. The molecular formula is C13H18BrN3S. The maximum Gasteiger partial charge on any atom is 0.131 e. The van der Waals surface area contributed by atoms with Gasteiger partial charge in [-0.15, -0.1) is 11.3 Å². The average molecular weight is 328 g/mol. The summed E-state index contributed by atoms with van der Waals surface area (Å²) in [6.45, 7) is 6.27. The number of thiophene rings is 1. The van der Waals surface area contributed by atoms with Crippen LogP contribution >= 0.6 is 27.3 Å². The lowest BCUT2D eigenvalue weighted by Crippen LogP contribution is -2.25. The Morgan fingerprint density at radius 3 is 2.89 bits per heavy atom. The van der Waals surface area contributed by atoms with Gasteiger partial charge in [-0.05, 0) is 48.0 Å². The van der Waals surface area contributed by atoms with Crippen LogP contribution in [0.1, 0.15) is 37.0 Å². The molecule has 0 fully saturated rings. The first-order chi connectivity index (χ1) is 8.76. The Bertz CT molecular complexity index is 492. The lowest BCUT2D eigenvalue weighted by molar-refractivity contribution is 0.547. The zero-order valence-corrected chi connectivity index (χ0v) is 13.1. The second-order valence-electron chi connectivity index (χ2n) is 4.10. The van der Waals surface area contributed by atoms with E-state index < -0.39 is 0 Å². The molecule has 0 aliphatic heterocycles. The Morgan fingerprint density at radius 1 is 1.44 bits per heavy atom. The minimum absolute atomic E-state index is 0.191. The lowest BCUT2D eigenvalue weighted by Gasteiger charge is -2.17. The third-order valence-electron chi connectivity index (χ3n) is 2.82. The molecule has 1 N–H and O–H groups in total. The van der Waals surface area contributed by atoms with Gasteiger partial charge in [0.1, 0.15) is 11.9 Å². The predicted molar refractivity (Wildman–Crippen MR) is 80.1 cm³/mol. The second-order valence-corrected chi connectivity index (χ2v) is 6.60. The molecule has 0 aliphatic carbocycles. The van der Waals surface area contributed by atoms with Crippen LogP contribution in [0.3, 0.4) is 0 Å². The van der Waals surface area contributed by atoms with Crippen molar-refractivity contribution in [3.63, 3.8) is 0 Å². The highest BCUT2D eigenvalue weighted by Crippen LogP contribution is 2.30. The molecule has 5 heteroatoms. The van der Waals surface area contributed by atoms with E-state index in [2.05, 4.69) is 56.8 Å². The van der Waals surface area contributed by atoms with E-state index in [1.165, 1.54) is 4.88 Å². The summed E-state index contributed by atoms with van der Waals surface area (Å²) in [5, 5.41) is 3.58. The molecule has 0 aromatic carbocycles. The molecule has 1 unspecified atom stereocenters. The van der Waals surface area contributed by atoms with Crippen molar-refractivity contribution in [1.82, 2.24) is 14.9 Å². The summed E-state index contributed by atoms with van der Waals surface area (Å²) in [5.74, 6) is 1.10. The molecule has 0 amide bonds. The zero-order chi connectivity index (χ0) is 13.0. The van der Waals surface area contributed by atoms with Gasteiger partial charge >= 0.3 is 0 Å². The fraction of sp³-hybridized carbons (Fsp3) is 0.462. The van der Waals surface area contributed by atoms with Gasteiger partial charge in [-0.2, -0.15) is 0 Å². The zero-order valence-electron chi connectivity index (χ0n) is 10.7. The maximum absolute atomic E-state index is 4.52. The van der Waals surface area contributed by atoms with Crippen molar-refractivity contribution in [1.29, 1.82) is 0 Å². The quantitative estimate of drug-likeness (QED) is 0.874. The number of aromatic nitrogens is 2. The van der Waals surface area contributed by atoms with E-state index in [0.717, 1.165) is 29.1 Å². The van der Waals surface area contributed by atoms with E-state index in [-0.39, 0.29) is 6.04 Å². The molecule has 0 spiro atoms. The summed E-state index contributed by atoms with van der Waals surface area (Å²) < 4.78 is 3.36. The van der Waals surface area contributed by atoms with Crippen LogP contribution in [0.15, 0.2) is 28.3 Å². The van der Waals surface area contributed by atoms with Crippen molar-refractivity contribution in [2.24, 2.45) is 0 Å². The largest absolute Gasteiger partial charge is 0.334 e. The van der Waals surface area contributed by atoms with Gasteiger partial charge in [-0.25, -0.2) is 4.98 Å². The molecule has 3 nitrogen and oxygen atoms in total. The van der Waals surface area contributed by atoms with E-state index in [4.69, 9.17) is 0 Å². The Balaban J connectivity index is 2.30. The Hall–Kier alpha value is -0.650. The fourth-order valence-corrected chi connectivity index (χ4v) is 3.44. The fourth-order valence-electron chi connectivity index (χ4n) is 1.94. The molecule has 2 aromatic heterocycles. The molecule has 0 radical (unpaired) electrons. The molecule has 2 aromatic rings. The van der Waals surface area contributed by atoms with Gasteiger partial charge in [-0.1, -0.05) is 6.92 Å². The number of aryl methyl sites for hydroxylation is 1. The normalized spacial score (nSPS) is 12.8. The van der Waals surface area contributed by atoms with Crippen molar-refractivity contribution in [3.05, 3.63) is 39.0 Å². The molecular weight excluding hydrogens is 310 g/mol. The number of nitrogens with one attached hydrogen (secondary N) is 1. The van der Waals surface area contributed by atoms with Crippen molar-refractivity contribution >= 4 is 27.3 Å². The van der Waals surface area contributed by atoms with Crippen LogP contribution in [0.2, 0.25) is 0 Å². The summed E-state index contributed by atoms with van der Waals surface area (Å²) in [7, 11) is 0. The number of imidazole rings is 1. The first-order valence-corrected chi connectivity index (χ1v) is 7.86. The summed E-state index contributed by atoms with van der Waals surface area (Å²) in [5.41, 5.74) is 0. The highest BCUT2D eigenvalue weighted by atomic mass is 79.9. The van der Waals surface area contributed by atoms with Crippen LogP contribution in [-0.2, 0) is 6.54 Å². The Morgan fingerprint density at radius 2 is 2.28 bits per heavy atom. The average Bonchev–Trinajstić information content (AvgIpc) is 2.99. The van der Waals surface area contributed by atoms with Crippen LogP contribution in [-0.4, -0.2) is 16.1 Å². The first kappa shape index (κ1) is 13.8. The van der Waals surface area contributed by atoms with Crippen LogP contribution in [0.5, 0.6) is 0 Å². The molecule has 0 aliphatic rings. The van der Waals surface area contributed by atoms with Gasteiger partial charge in [-0.3, -0.25) is 0 Å². The van der Waals surface area contributed by atoms with Crippen molar-refractivity contribution < 1.29 is 0 Å². The van der Waals surface area contributed by atoms with E-state index in [9.17, 15) is 0 Å². The minimum Gasteiger partial charge on any atom is -0.334 e. The van der Waals surface area contributed by atoms with Gasteiger partial charge in [0.2, 0.25) is 0 Å². The summed E-state index contributed by atoms with van der Waals surface area (Å²) in [6, 6.07) is 4.45. The SMILES string of the molecule is CCCNC(c1ccc(Br)s1)c1nccn1CC. The third kappa shape index (κ3) is 3.02. The predicted octanol–water partition coefficient (Wildman–Crippen LogP) is 3.82. The molecule has 0 saturated heterocycles. The monoisotopic (exact) mass is 327 g/mol. The van der Waals surface area contributed by atoms with E-state index in [1.807, 2.05) is 12.4 Å². The van der Waals surface area contributed by atoms with Gasteiger partial charge in [0, 0.05) is 23.8 Å². The second kappa shape index (κ2) is 6.50. The third-order valence-corrected chi connectivity index (χ3v) is 4.51.